The van der Waals surface area contributed by atoms with E-state index in [0.29, 0.717) is 0 Å². The number of aliphatic hydroxyl groups excluding tert-OH is 1. The molecule has 9 heteroatoms. The normalized spacial score (nSPS) is 11.7. The Morgan fingerprint density at radius 2 is 2.16 bits per heavy atom. The summed E-state index contributed by atoms with van der Waals surface area (Å²) in [5.74, 6) is -1.53. The molecule has 0 aliphatic carbocycles. The number of aromatic nitrogens is 2. The largest absolute Gasteiger partial charge is 0.467 e. The first-order valence-corrected chi connectivity index (χ1v) is 5.27. The van der Waals surface area contributed by atoms with Crippen molar-refractivity contribution < 1.29 is 19.4 Å². The van der Waals surface area contributed by atoms with Gasteiger partial charge in [-0.15, -0.1) is 0 Å². The second-order valence-electron chi connectivity index (χ2n) is 3.58. The first-order valence-electron chi connectivity index (χ1n) is 5.27. The van der Waals surface area contributed by atoms with Crippen LogP contribution in [0.2, 0.25) is 0 Å². The number of methoxy groups -OCH3 is 1. The number of carbonyl (C=O) groups excluding carboxylic acids is 2. The van der Waals surface area contributed by atoms with Crippen LogP contribution in [0, 0.1) is 0 Å². The molecule has 3 N–H and O–H groups in total. The first kappa shape index (κ1) is 14.6. The van der Waals surface area contributed by atoms with E-state index in [1.807, 2.05) is 0 Å². The average Bonchev–Trinajstić information content (AvgIpc) is 2.39. The summed E-state index contributed by atoms with van der Waals surface area (Å²) in [7, 11) is 1.10. The van der Waals surface area contributed by atoms with Crippen LogP contribution in [0.25, 0.3) is 0 Å². The third kappa shape index (κ3) is 4.39. The predicted octanol–water partition coefficient (Wildman–Crippen LogP) is -2.81. The fourth-order valence-corrected chi connectivity index (χ4v) is 1.21. The second-order valence-corrected chi connectivity index (χ2v) is 3.58. The lowest BCUT2D eigenvalue weighted by molar-refractivity contribution is -0.150. The zero-order valence-corrected chi connectivity index (χ0v) is 10.1. The van der Waals surface area contributed by atoms with Crippen molar-refractivity contribution in [2.75, 3.05) is 13.7 Å². The van der Waals surface area contributed by atoms with Gasteiger partial charge in [-0.2, -0.15) is 0 Å². The van der Waals surface area contributed by atoms with Gasteiger partial charge in [0.25, 0.3) is 11.1 Å². The number of rotatable bonds is 5. The van der Waals surface area contributed by atoms with Gasteiger partial charge in [0.15, 0.2) is 6.10 Å². The summed E-state index contributed by atoms with van der Waals surface area (Å²) < 4.78 is 5.06. The Balaban J connectivity index is 2.56. The molecule has 0 saturated heterocycles. The molecule has 1 heterocycles. The summed E-state index contributed by atoms with van der Waals surface area (Å²) in [6.45, 7) is -0.778. The van der Waals surface area contributed by atoms with Crippen molar-refractivity contribution in [3.63, 3.8) is 0 Å². The molecule has 0 fully saturated rings. The molecular formula is C10H13N3O6. The number of amides is 1. The van der Waals surface area contributed by atoms with Gasteiger partial charge in [-0.3, -0.25) is 19.5 Å². The third-order valence-electron chi connectivity index (χ3n) is 2.16. The lowest BCUT2D eigenvalue weighted by Gasteiger charge is -2.10. The molecular weight excluding hydrogens is 258 g/mol. The predicted molar refractivity (Wildman–Crippen MR) is 62.4 cm³/mol. The minimum absolute atomic E-state index is 0.350. The van der Waals surface area contributed by atoms with E-state index in [1.54, 1.807) is 0 Å². The van der Waals surface area contributed by atoms with Gasteiger partial charge in [-0.1, -0.05) is 0 Å². The Morgan fingerprint density at radius 1 is 1.47 bits per heavy atom. The van der Waals surface area contributed by atoms with Crippen molar-refractivity contribution >= 4 is 11.9 Å². The van der Waals surface area contributed by atoms with E-state index in [4.69, 9.17) is 0 Å². The number of aromatic amines is 1. The maximum Gasteiger partial charge on any atom is 0.336 e. The van der Waals surface area contributed by atoms with Crippen molar-refractivity contribution in [2.24, 2.45) is 0 Å². The molecule has 1 rings (SSSR count). The monoisotopic (exact) mass is 271 g/mol. The van der Waals surface area contributed by atoms with Crippen molar-refractivity contribution in [2.45, 2.75) is 12.6 Å². The summed E-state index contributed by atoms with van der Waals surface area (Å²) in [5.41, 5.74) is -1.08. The van der Waals surface area contributed by atoms with Crippen molar-refractivity contribution in [1.82, 2.24) is 15.1 Å². The van der Waals surface area contributed by atoms with Gasteiger partial charge in [0, 0.05) is 12.1 Å². The highest BCUT2D eigenvalue weighted by Gasteiger charge is 2.16. The molecule has 1 unspecified atom stereocenters. The number of H-pyrrole nitrogens is 1. The van der Waals surface area contributed by atoms with Crippen LogP contribution in [0.3, 0.4) is 0 Å². The molecule has 0 bridgehead atoms. The van der Waals surface area contributed by atoms with E-state index < -0.39 is 35.6 Å². The number of esters is 1. The smallest absolute Gasteiger partial charge is 0.336 e. The Morgan fingerprint density at radius 3 is 2.79 bits per heavy atom. The number of carbonyl (C=O) groups is 2. The van der Waals surface area contributed by atoms with E-state index in [2.05, 4.69) is 15.2 Å². The fraction of sp³-hybridized carbons (Fsp3) is 0.400. The fourth-order valence-electron chi connectivity index (χ4n) is 1.21. The molecule has 1 amide bonds. The zero-order valence-electron chi connectivity index (χ0n) is 10.1. The molecule has 0 saturated carbocycles. The molecule has 9 nitrogen and oxygen atoms in total. The van der Waals surface area contributed by atoms with Gasteiger partial charge in [-0.05, 0) is 0 Å². The molecule has 1 aromatic heterocycles. The molecule has 0 aliphatic rings. The molecule has 1 atom stereocenters. The number of nitrogens with one attached hydrogen (secondary N) is 2. The van der Waals surface area contributed by atoms with Crippen LogP contribution in [0.15, 0.2) is 21.7 Å². The number of hydrogen-bond acceptors (Lipinski definition) is 6. The lowest BCUT2D eigenvalue weighted by atomic mass is 10.3. The van der Waals surface area contributed by atoms with E-state index in [-0.39, 0.29) is 6.54 Å². The van der Waals surface area contributed by atoms with Gasteiger partial charge in [-0.25, -0.2) is 9.48 Å². The highest BCUT2D eigenvalue weighted by molar-refractivity contribution is 5.78. The Labute approximate surface area is 106 Å². The number of aliphatic hydroxyl groups is 1. The van der Waals surface area contributed by atoms with Crippen molar-refractivity contribution in [3.8, 4) is 0 Å². The summed E-state index contributed by atoms with van der Waals surface area (Å²) in [4.78, 5) is 44.5. The average molecular weight is 271 g/mol. The summed E-state index contributed by atoms with van der Waals surface area (Å²) in [6.07, 6.45) is -1.49. The van der Waals surface area contributed by atoms with Crippen LogP contribution in [0.4, 0.5) is 0 Å². The summed E-state index contributed by atoms with van der Waals surface area (Å²) in [5, 5.41) is 13.6. The third-order valence-corrected chi connectivity index (χ3v) is 2.16. The summed E-state index contributed by atoms with van der Waals surface area (Å²) >= 11 is 0. The highest BCUT2D eigenvalue weighted by atomic mass is 16.5. The Hall–Kier alpha value is -2.42. The SMILES string of the molecule is COC(=O)C(O)CNC(=O)Cn1[nH]c(=O)ccc1=O. The second kappa shape index (κ2) is 6.50. The van der Waals surface area contributed by atoms with Gasteiger partial charge in [0.05, 0.1) is 13.7 Å². The zero-order chi connectivity index (χ0) is 14.4. The van der Waals surface area contributed by atoms with Crippen molar-refractivity contribution in [1.29, 1.82) is 0 Å². The maximum absolute atomic E-state index is 11.4. The minimum Gasteiger partial charge on any atom is -0.467 e. The van der Waals surface area contributed by atoms with Gasteiger partial charge in [0.1, 0.15) is 6.54 Å². The molecule has 0 aromatic carbocycles. The first-order chi connectivity index (χ1) is 8.93. The molecule has 0 radical (unpaired) electrons. The quantitative estimate of drug-likeness (QED) is 0.495. The number of ether oxygens (including phenoxy) is 1. The molecule has 0 spiro atoms. The highest BCUT2D eigenvalue weighted by Crippen LogP contribution is 1.85. The van der Waals surface area contributed by atoms with Crippen LogP contribution in [-0.4, -0.2) is 46.5 Å². The van der Waals surface area contributed by atoms with Crippen molar-refractivity contribution in [3.05, 3.63) is 32.8 Å². The molecule has 1 aromatic rings. The standard InChI is InChI=1S/C10H13N3O6/c1-19-10(18)6(14)4-11-8(16)5-13-9(17)3-2-7(15)12-13/h2-3,6,14H,4-5H2,1H3,(H,11,16)(H,12,15). The molecule has 19 heavy (non-hydrogen) atoms. The van der Waals surface area contributed by atoms with E-state index in [9.17, 15) is 24.3 Å². The van der Waals surface area contributed by atoms with Gasteiger partial charge in [0.2, 0.25) is 5.91 Å². The van der Waals surface area contributed by atoms with Crippen LogP contribution in [-0.2, 0) is 20.9 Å². The Kier molecular flexibility index (Phi) is 5.01. The maximum atomic E-state index is 11.4. The van der Waals surface area contributed by atoms with Gasteiger partial charge >= 0.3 is 5.97 Å². The lowest BCUT2D eigenvalue weighted by Crippen LogP contribution is -2.41. The molecule has 0 aliphatic heterocycles. The van der Waals surface area contributed by atoms with Crippen LogP contribution < -0.4 is 16.4 Å². The van der Waals surface area contributed by atoms with Crippen LogP contribution in [0.1, 0.15) is 0 Å². The van der Waals surface area contributed by atoms with E-state index >= 15 is 0 Å². The van der Waals surface area contributed by atoms with Gasteiger partial charge < -0.3 is 15.2 Å². The van der Waals surface area contributed by atoms with Crippen LogP contribution in [0.5, 0.6) is 0 Å². The van der Waals surface area contributed by atoms with E-state index in [1.165, 1.54) is 0 Å². The van der Waals surface area contributed by atoms with E-state index in [0.717, 1.165) is 23.9 Å². The van der Waals surface area contributed by atoms with Crippen LogP contribution >= 0.6 is 0 Å². The minimum atomic E-state index is -1.49. The molecule has 104 valence electrons. The topological polar surface area (TPSA) is 130 Å². The number of hydrogen-bond donors (Lipinski definition) is 3. The summed E-state index contributed by atoms with van der Waals surface area (Å²) in [6, 6.07) is 2.06. The number of nitrogens with zero attached hydrogens (tertiary/aromatic N) is 1. The Bertz CT molecular complexity index is 575.